The zero-order valence-corrected chi connectivity index (χ0v) is 22.1. The van der Waals surface area contributed by atoms with Gasteiger partial charge in [-0.25, -0.2) is 4.79 Å². The van der Waals surface area contributed by atoms with Gasteiger partial charge in [0, 0.05) is 12.0 Å². The highest BCUT2D eigenvalue weighted by Gasteiger charge is 2.32. The minimum Gasteiger partial charge on any atom is -0.481 e. The molecule has 0 saturated heterocycles. The van der Waals surface area contributed by atoms with E-state index in [1.165, 1.54) is 0 Å². The van der Waals surface area contributed by atoms with Gasteiger partial charge in [0.1, 0.15) is 12.6 Å². The van der Waals surface area contributed by atoms with Crippen LogP contribution >= 0.6 is 0 Å². The molecule has 0 aromatic heterocycles. The Morgan fingerprint density at radius 1 is 0.872 bits per heavy atom. The molecule has 0 heterocycles. The molecule has 3 atom stereocenters. The van der Waals surface area contributed by atoms with Crippen LogP contribution < -0.4 is 10.6 Å². The minimum absolute atomic E-state index is 0.101. The van der Waals surface area contributed by atoms with Gasteiger partial charge in [-0.1, -0.05) is 85.8 Å². The largest absolute Gasteiger partial charge is 0.481 e. The average molecular weight is 531 g/mol. The van der Waals surface area contributed by atoms with E-state index >= 15 is 0 Å². The third-order valence-corrected chi connectivity index (χ3v) is 6.98. The van der Waals surface area contributed by atoms with Crippen LogP contribution in [0.15, 0.2) is 78.9 Å². The van der Waals surface area contributed by atoms with Crippen LogP contribution in [0.3, 0.4) is 0 Å². The highest BCUT2D eigenvalue weighted by molar-refractivity contribution is 5.87. The molecule has 3 aromatic rings. The molecule has 39 heavy (non-hydrogen) atoms. The predicted molar refractivity (Wildman–Crippen MR) is 147 cm³/mol. The Morgan fingerprint density at radius 2 is 1.46 bits per heavy atom. The molecule has 0 saturated carbocycles. The summed E-state index contributed by atoms with van der Waals surface area (Å²) in [7, 11) is 0. The van der Waals surface area contributed by atoms with Crippen LogP contribution in [0.5, 0.6) is 0 Å². The molecule has 0 bridgehead atoms. The molecule has 0 aliphatic heterocycles. The van der Waals surface area contributed by atoms with E-state index < -0.39 is 36.2 Å². The first-order valence-electron chi connectivity index (χ1n) is 13.2. The number of amides is 2. The van der Waals surface area contributed by atoms with Crippen molar-refractivity contribution in [2.45, 2.75) is 57.4 Å². The van der Waals surface area contributed by atoms with Gasteiger partial charge in [-0.3, -0.25) is 9.59 Å². The molecule has 204 valence electrons. The summed E-state index contributed by atoms with van der Waals surface area (Å²) in [6.45, 7) is 3.82. The van der Waals surface area contributed by atoms with E-state index in [1.807, 2.05) is 66.7 Å². The van der Waals surface area contributed by atoms with Crippen LogP contribution in [0, 0.1) is 0 Å². The Kier molecular flexibility index (Phi) is 9.33. The van der Waals surface area contributed by atoms with E-state index in [0.29, 0.717) is 6.42 Å². The number of hydrogen-bond acceptors (Lipinski definition) is 5. The molecule has 4 rings (SSSR count). The summed E-state index contributed by atoms with van der Waals surface area (Å²) in [5, 5.41) is 14.6. The normalized spacial score (nSPS) is 14.4. The SMILES string of the molecule is CC[C@H](CC(=O)O)NC(=O)[C@H](NC(=O)OCC1c2ccccc2-c2ccccc21)[C@H](C)OCc1ccccc1. The fraction of sp³-hybridized carbons (Fsp3) is 0.323. The first-order valence-corrected chi connectivity index (χ1v) is 13.2. The fourth-order valence-corrected chi connectivity index (χ4v) is 4.86. The number of hydrogen-bond donors (Lipinski definition) is 3. The zero-order chi connectivity index (χ0) is 27.8. The number of benzene rings is 3. The number of nitrogens with one attached hydrogen (secondary N) is 2. The summed E-state index contributed by atoms with van der Waals surface area (Å²) in [5.41, 5.74) is 5.32. The first-order chi connectivity index (χ1) is 18.9. The summed E-state index contributed by atoms with van der Waals surface area (Å²) in [4.78, 5) is 37.4. The summed E-state index contributed by atoms with van der Waals surface area (Å²) in [5.74, 6) is -1.67. The molecule has 0 radical (unpaired) electrons. The Labute approximate surface area is 228 Å². The van der Waals surface area contributed by atoms with Gasteiger partial charge in [-0.2, -0.15) is 0 Å². The number of carboxylic acid groups (broad SMARTS) is 1. The number of rotatable bonds is 12. The van der Waals surface area contributed by atoms with Crippen LogP contribution in [0.4, 0.5) is 4.79 Å². The van der Waals surface area contributed by atoms with Crippen molar-refractivity contribution in [3.05, 3.63) is 95.6 Å². The molecule has 3 aromatic carbocycles. The van der Waals surface area contributed by atoms with Gasteiger partial charge in [0.05, 0.1) is 19.1 Å². The molecule has 1 aliphatic rings. The van der Waals surface area contributed by atoms with Gasteiger partial charge < -0.3 is 25.2 Å². The highest BCUT2D eigenvalue weighted by atomic mass is 16.5. The average Bonchev–Trinajstić information content (AvgIpc) is 3.27. The molecule has 0 fully saturated rings. The Bertz CT molecular complexity index is 1250. The Hall–Kier alpha value is -4.17. The summed E-state index contributed by atoms with van der Waals surface area (Å²) in [6, 6.07) is 23.9. The molecular weight excluding hydrogens is 496 g/mol. The number of aliphatic carboxylic acids is 1. The van der Waals surface area contributed by atoms with Crippen molar-refractivity contribution in [1.29, 1.82) is 0 Å². The second-order valence-corrected chi connectivity index (χ2v) is 9.66. The first kappa shape index (κ1) is 27.9. The van der Waals surface area contributed by atoms with Crippen molar-refractivity contribution in [2.75, 3.05) is 6.61 Å². The number of carbonyl (C=O) groups is 3. The lowest BCUT2D eigenvalue weighted by Crippen LogP contribution is -2.55. The lowest BCUT2D eigenvalue weighted by molar-refractivity contribution is -0.138. The molecule has 0 unspecified atom stereocenters. The van der Waals surface area contributed by atoms with E-state index in [1.54, 1.807) is 13.8 Å². The number of ether oxygens (including phenoxy) is 2. The van der Waals surface area contributed by atoms with E-state index in [2.05, 4.69) is 22.8 Å². The maximum absolute atomic E-state index is 13.2. The minimum atomic E-state index is -1.09. The highest BCUT2D eigenvalue weighted by Crippen LogP contribution is 2.44. The van der Waals surface area contributed by atoms with Crippen molar-refractivity contribution in [3.63, 3.8) is 0 Å². The van der Waals surface area contributed by atoms with Crippen molar-refractivity contribution >= 4 is 18.0 Å². The number of alkyl carbamates (subject to hydrolysis) is 1. The van der Waals surface area contributed by atoms with Gasteiger partial charge in [0.25, 0.3) is 0 Å². The third-order valence-electron chi connectivity index (χ3n) is 6.98. The standard InChI is InChI=1S/C31H34N2O6/c1-3-22(17-28(34)35)32-30(36)29(20(2)38-18-21-11-5-4-6-12-21)33-31(37)39-19-27-25-15-9-7-13-23(25)24-14-8-10-16-26(24)27/h4-16,20,22,27,29H,3,17-19H2,1-2H3,(H,32,36)(H,33,37)(H,34,35)/t20-,22+,29+/m0/s1. The van der Waals surface area contributed by atoms with Gasteiger partial charge in [-0.05, 0) is 41.2 Å². The monoisotopic (exact) mass is 530 g/mol. The second kappa shape index (κ2) is 13.1. The predicted octanol–water partition coefficient (Wildman–Crippen LogP) is 4.87. The van der Waals surface area contributed by atoms with Crippen LogP contribution in [0.2, 0.25) is 0 Å². The van der Waals surface area contributed by atoms with Gasteiger partial charge in [-0.15, -0.1) is 0 Å². The molecule has 3 N–H and O–H groups in total. The molecule has 0 spiro atoms. The lowest BCUT2D eigenvalue weighted by Gasteiger charge is -2.27. The molecule has 8 heteroatoms. The van der Waals surface area contributed by atoms with Gasteiger partial charge >= 0.3 is 12.1 Å². The lowest BCUT2D eigenvalue weighted by atomic mass is 9.98. The number of carbonyl (C=O) groups excluding carboxylic acids is 2. The van der Waals surface area contributed by atoms with E-state index in [0.717, 1.165) is 27.8 Å². The van der Waals surface area contributed by atoms with Crippen molar-refractivity contribution in [1.82, 2.24) is 10.6 Å². The fourth-order valence-electron chi connectivity index (χ4n) is 4.86. The maximum Gasteiger partial charge on any atom is 0.407 e. The summed E-state index contributed by atoms with van der Waals surface area (Å²) < 4.78 is 11.6. The maximum atomic E-state index is 13.2. The van der Waals surface area contributed by atoms with E-state index in [-0.39, 0.29) is 25.6 Å². The second-order valence-electron chi connectivity index (χ2n) is 9.66. The third kappa shape index (κ3) is 7.03. The van der Waals surface area contributed by atoms with Gasteiger partial charge in [0.2, 0.25) is 5.91 Å². The Balaban J connectivity index is 1.44. The number of carboxylic acids is 1. The van der Waals surface area contributed by atoms with Crippen LogP contribution in [-0.4, -0.2) is 47.9 Å². The molecule has 2 amide bonds. The van der Waals surface area contributed by atoms with Crippen LogP contribution in [-0.2, 0) is 25.7 Å². The zero-order valence-electron chi connectivity index (χ0n) is 22.1. The molecule has 1 aliphatic carbocycles. The van der Waals surface area contributed by atoms with Crippen molar-refractivity contribution < 1.29 is 29.0 Å². The van der Waals surface area contributed by atoms with E-state index in [4.69, 9.17) is 9.47 Å². The van der Waals surface area contributed by atoms with Gasteiger partial charge in [0.15, 0.2) is 0 Å². The van der Waals surface area contributed by atoms with E-state index in [9.17, 15) is 19.5 Å². The Morgan fingerprint density at radius 3 is 2.05 bits per heavy atom. The number of fused-ring (bicyclic) bond motifs is 3. The van der Waals surface area contributed by atoms with Crippen LogP contribution in [0.1, 0.15) is 49.3 Å². The topological polar surface area (TPSA) is 114 Å². The van der Waals surface area contributed by atoms with Crippen molar-refractivity contribution in [3.8, 4) is 11.1 Å². The quantitative estimate of drug-likeness (QED) is 0.308. The van der Waals surface area contributed by atoms with Crippen molar-refractivity contribution in [2.24, 2.45) is 0 Å². The molecular formula is C31H34N2O6. The smallest absolute Gasteiger partial charge is 0.407 e. The van der Waals surface area contributed by atoms with Crippen LogP contribution in [0.25, 0.3) is 11.1 Å². The molecule has 8 nitrogen and oxygen atoms in total. The summed E-state index contributed by atoms with van der Waals surface area (Å²) >= 11 is 0. The summed E-state index contributed by atoms with van der Waals surface area (Å²) in [6.07, 6.45) is -1.26.